The lowest BCUT2D eigenvalue weighted by Crippen LogP contribution is -2.15. The van der Waals surface area contributed by atoms with Gasteiger partial charge in [0.05, 0.1) is 15.4 Å². The maximum Gasteiger partial charge on any atom is 0.266 e. The molecule has 1 aromatic heterocycles. The van der Waals surface area contributed by atoms with Gasteiger partial charge in [-0.05, 0) is 55.3 Å². The molecule has 0 aliphatic heterocycles. The normalized spacial score (nSPS) is 10.5. The van der Waals surface area contributed by atoms with Gasteiger partial charge in [0, 0.05) is 11.4 Å². The number of amides is 2. The van der Waals surface area contributed by atoms with Crippen LogP contribution in [0, 0.1) is 19.7 Å². The van der Waals surface area contributed by atoms with Crippen LogP contribution in [0.25, 0.3) is 0 Å². The third-order valence-electron chi connectivity index (χ3n) is 4.05. The Morgan fingerprint density at radius 2 is 1.63 bits per heavy atom. The molecular formula is C20H18FN3O2S. The summed E-state index contributed by atoms with van der Waals surface area (Å²) in [5.41, 5.74) is 8.29. The van der Waals surface area contributed by atoms with Gasteiger partial charge in [0.15, 0.2) is 0 Å². The summed E-state index contributed by atoms with van der Waals surface area (Å²) < 4.78 is 13.4. The first-order chi connectivity index (χ1) is 12.9. The van der Waals surface area contributed by atoms with E-state index in [1.54, 1.807) is 26.0 Å². The molecule has 0 aliphatic rings. The number of para-hydroxylation sites is 1. The molecule has 27 heavy (non-hydrogen) atoms. The van der Waals surface area contributed by atoms with E-state index < -0.39 is 5.91 Å². The fourth-order valence-electron chi connectivity index (χ4n) is 2.66. The predicted octanol–water partition coefficient (Wildman–Crippen LogP) is 4.59. The highest BCUT2D eigenvalue weighted by atomic mass is 32.1. The van der Waals surface area contributed by atoms with Gasteiger partial charge >= 0.3 is 0 Å². The van der Waals surface area contributed by atoms with Crippen molar-refractivity contribution in [3.05, 3.63) is 75.9 Å². The minimum absolute atomic E-state index is 0.250. The van der Waals surface area contributed by atoms with Gasteiger partial charge in [0.2, 0.25) is 0 Å². The highest BCUT2D eigenvalue weighted by molar-refractivity contribution is 7.18. The van der Waals surface area contributed by atoms with Gasteiger partial charge in [-0.1, -0.05) is 18.2 Å². The molecular weight excluding hydrogens is 365 g/mol. The number of nitrogens with two attached hydrogens (primary N) is 1. The van der Waals surface area contributed by atoms with Crippen LogP contribution in [-0.2, 0) is 0 Å². The Labute approximate surface area is 160 Å². The number of nitrogen functional groups attached to an aromatic ring is 1. The molecule has 138 valence electrons. The molecule has 0 fully saturated rings. The Balaban J connectivity index is 1.83. The van der Waals surface area contributed by atoms with Gasteiger partial charge in [-0.3, -0.25) is 9.59 Å². The van der Waals surface area contributed by atoms with Crippen molar-refractivity contribution in [2.24, 2.45) is 0 Å². The number of anilines is 3. The summed E-state index contributed by atoms with van der Waals surface area (Å²) in [6.45, 7) is 3.29. The number of aryl methyl sites for hydroxylation is 1. The first-order valence-corrected chi connectivity index (χ1v) is 9.01. The molecule has 3 rings (SSSR count). The van der Waals surface area contributed by atoms with Crippen LogP contribution >= 0.6 is 11.3 Å². The van der Waals surface area contributed by atoms with Crippen LogP contribution in [0.3, 0.4) is 0 Å². The molecule has 3 aromatic rings. The molecule has 0 unspecified atom stereocenters. The predicted molar refractivity (Wildman–Crippen MR) is 107 cm³/mol. The number of carbonyl (C=O) groups excluding carboxylic acids is 2. The van der Waals surface area contributed by atoms with E-state index in [4.69, 9.17) is 5.73 Å². The summed E-state index contributed by atoms with van der Waals surface area (Å²) in [6, 6.07) is 13.3. The maximum atomic E-state index is 13.4. The lowest BCUT2D eigenvalue weighted by atomic mass is 10.1. The number of carbonyl (C=O) groups is 2. The average Bonchev–Trinajstić information content (AvgIpc) is 2.93. The van der Waals surface area contributed by atoms with Crippen molar-refractivity contribution in [3.63, 3.8) is 0 Å². The number of nitrogens with one attached hydrogen (secondary N) is 2. The van der Waals surface area contributed by atoms with Crippen molar-refractivity contribution in [3.8, 4) is 0 Å². The average molecular weight is 383 g/mol. The highest BCUT2D eigenvalue weighted by Crippen LogP contribution is 2.32. The second-order valence-corrected chi connectivity index (χ2v) is 7.09. The van der Waals surface area contributed by atoms with Crippen molar-refractivity contribution in [1.82, 2.24) is 0 Å². The highest BCUT2D eigenvalue weighted by Gasteiger charge is 2.23. The molecule has 0 saturated heterocycles. The van der Waals surface area contributed by atoms with Crippen LogP contribution < -0.4 is 16.4 Å². The molecule has 0 saturated carbocycles. The van der Waals surface area contributed by atoms with Crippen LogP contribution in [-0.4, -0.2) is 11.8 Å². The largest absolute Gasteiger partial charge is 0.390 e. The van der Waals surface area contributed by atoms with Crippen LogP contribution in [0.1, 0.15) is 31.2 Å². The van der Waals surface area contributed by atoms with Crippen LogP contribution in [0.15, 0.2) is 48.5 Å². The van der Waals surface area contributed by atoms with Gasteiger partial charge in [0.1, 0.15) is 5.82 Å². The molecule has 4 N–H and O–H groups in total. The minimum Gasteiger partial charge on any atom is -0.390 e. The molecule has 2 aromatic carbocycles. The van der Waals surface area contributed by atoms with Gasteiger partial charge in [-0.2, -0.15) is 0 Å². The Morgan fingerprint density at radius 3 is 2.30 bits per heavy atom. The summed E-state index contributed by atoms with van der Waals surface area (Å²) in [6.07, 6.45) is 0. The Kier molecular flexibility index (Phi) is 5.23. The summed E-state index contributed by atoms with van der Waals surface area (Å²) in [7, 11) is 0. The molecule has 0 spiro atoms. The Morgan fingerprint density at radius 1 is 0.963 bits per heavy atom. The number of benzene rings is 2. The topological polar surface area (TPSA) is 84.2 Å². The molecule has 0 radical (unpaired) electrons. The second-order valence-electron chi connectivity index (χ2n) is 6.03. The van der Waals surface area contributed by atoms with Crippen molar-refractivity contribution < 1.29 is 14.0 Å². The third-order valence-corrected chi connectivity index (χ3v) is 5.17. The van der Waals surface area contributed by atoms with Crippen molar-refractivity contribution in [2.75, 3.05) is 16.4 Å². The van der Waals surface area contributed by atoms with E-state index in [1.807, 2.05) is 18.2 Å². The van der Waals surface area contributed by atoms with E-state index in [0.717, 1.165) is 11.3 Å². The molecule has 0 atom stereocenters. The monoisotopic (exact) mass is 383 g/mol. The summed E-state index contributed by atoms with van der Waals surface area (Å²) in [4.78, 5) is 25.5. The van der Waals surface area contributed by atoms with Crippen molar-refractivity contribution in [1.29, 1.82) is 0 Å². The molecule has 0 bridgehead atoms. The molecule has 5 nitrogen and oxygen atoms in total. The van der Waals surface area contributed by atoms with Gasteiger partial charge in [-0.15, -0.1) is 11.3 Å². The first-order valence-electron chi connectivity index (χ1n) is 8.19. The smallest absolute Gasteiger partial charge is 0.266 e. The number of halogens is 1. The number of hydrogen-bond donors (Lipinski definition) is 3. The van der Waals surface area contributed by atoms with E-state index >= 15 is 0 Å². The third kappa shape index (κ3) is 3.98. The number of thiophene rings is 1. The molecule has 2 amide bonds. The van der Waals surface area contributed by atoms with E-state index in [2.05, 4.69) is 10.6 Å². The second kappa shape index (κ2) is 7.59. The first kappa shape index (κ1) is 18.6. The van der Waals surface area contributed by atoms with E-state index in [9.17, 15) is 14.0 Å². The number of rotatable bonds is 4. The zero-order chi connectivity index (χ0) is 19.6. The number of hydrogen-bond acceptors (Lipinski definition) is 4. The molecule has 0 aliphatic carbocycles. The summed E-state index contributed by atoms with van der Waals surface area (Å²) >= 11 is 1.06. The quantitative estimate of drug-likeness (QED) is 0.616. The Bertz CT molecular complexity index is 1020. The lowest BCUT2D eigenvalue weighted by Gasteiger charge is -2.08. The summed E-state index contributed by atoms with van der Waals surface area (Å²) in [5.74, 6) is -1.11. The SMILES string of the molecule is Cc1cc(NC(=O)c2c(N)sc(C(=O)Nc3ccccc3)c2C)ccc1F. The zero-order valence-electron chi connectivity index (χ0n) is 14.8. The van der Waals surface area contributed by atoms with E-state index in [-0.39, 0.29) is 22.3 Å². The van der Waals surface area contributed by atoms with Crippen LogP contribution in [0.2, 0.25) is 0 Å². The van der Waals surface area contributed by atoms with Crippen LogP contribution in [0.5, 0.6) is 0 Å². The maximum absolute atomic E-state index is 13.4. The van der Waals surface area contributed by atoms with Gasteiger partial charge < -0.3 is 16.4 Å². The molecule has 7 heteroatoms. The van der Waals surface area contributed by atoms with Crippen LogP contribution in [0.4, 0.5) is 20.8 Å². The standard InChI is InChI=1S/C20H18FN3O2S/c1-11-10-14(8-9-15(11)21)24-19(25)16-12(2)17(27-18(16)22)20(26)23-13-6-4-3-5-7-13/h3-10H,22H2,1-2H3,(H,23,26)(H,24,25). The van der Waals surface area contributed by atoms with Gasteiger partial charge in [0.25, 0.3) is 11.8 Å². The minimum atomic E-state index is -0.439. The zero-order valence-corrected chi connectivity index (χ0v) is 15.6. The fourth-order valence-corrected chi connectivity index (χ4v) is 3.63. The van der Waals surface area contributed by atoms with Gasteiger partial charge in [-0.25, -0.2) is 4.39 Å². The Hall–Kier alpha value is -3.19. The van der Waals surface area contributed by atoms with Crippen molar-refractivity contribution >= 4 is 39.5 Å². The van der Waals surface area contributed by atoms with E-state index in [0.29, 0.717) is 27.4 Å². The molecule has 1 heterocycles. The van der Waals surface area contributed by atoms with Crippen molar-refractivity contribution in [2.45, 2.75) is 13.8 Å². The fraction of sp³-hybridized carbons (Fsp3) is 0.100. The summed E-state index contributed by atoms with van der Waals surface area (Å²) in [5, 5.41) is 5.74. The van der Waals surface area contributed by atoms with E-state index in [1.165, 1.54) is 18.2 Å². The lowest BCUT2D eigenvalue weighted by molar-refractivity contribution is 0.102.